The van der Waals surface area contributed by atoms with Gasteiger partial charge in [-0.1, -0.05) is 17.7 Å². The maximum atomic E-state index is 11.9. The number of hydrogen-bond acceptors (Lipinski definition) is 3. The van der Waals surface area contributed by atoms with E-state index in [1.807, 2.05) is 30.4 Å². The van der Waals surface area contributed by atoms with Gasteiger partial charge in [-0.05, 0) is 30.4 Å². The van der Waals surface area contributed by atoms with Crippen molar-refractivity contribution in [2.45, 2.75) is 0 Å². The number of benzene rings is 1. The summed E-state index contributed by atoms with van der Waals surface area (Å²) >= 11 is 6.09. The van der Waals surface area contributed by atoms with Crippen molar-refractivity contribution >= 4 is 34.1 Å². The Labute approximate surface area is 126 Å². The predicted octanol–water partition coefficient (Wildman–Crippen LogP) is 2.31. The zero-order valence-electron chi connectivity index (χ0n) is 11.3. The molecule has 0 spiro atoms. The lowest BCUT2D eigenvalue weighted by molar-refractivity contribution is 0.0993. The number of hydrogen-bond donors (Lipinski definition) is 2. The first-order chi connectivity index (χ1) is 10.1. The van der Waals surface area contributed by atoms with Crippen LogP contribution in [-0.2, 0) is 7.05 Å². The molecule has 3 N–H and O–H groups in total. The second-order valence-corrected chi connectivity index (χ2v) is 5.09. The number of carbonyl (C=O) groups is 1. The average Bonchev–Trinajstić information content (AvgIpc) is 2.63. The van der Waals surface area contributed by atoms with E-state index in [1.165, 1.54) is 0 Å². The van der Waals surface area contributed by atoms with Gasteiger partial charge < -0.3 is 10.3 Å². The number of allylic oxidation sites excluding steroid dienone is 3. The van der Waals surface area contributed by atoms with E-state index in [0.717, 1.165) is 10.9 Å². The second-order valence-electron chi connectivity index (χ2n) is 4.65. The number of halogens is 1. The van der Waals surface area contributed by atoms with Crippen molar-refractivity contribution in [3.8, 4) is 0 Å². The van der Waals surface area contributed by atoms with Gasteiger partial charge in [0.1, 0.15) is 5.69 Å². The molecule has 0 unspecified atom stereocenters. The van der Waals surface area contributed by atoms with Crippen LogP contribution < -0.4 is 11.2 Å². The van der Waals surface area contributed by atoms with Gasteiger partial charge in [0.2, 0.25) is 0 Å². The van der Waals surface area contributed by atoms with E-state index in [1.54, 1.807) is 23.9 Å². The number of amides is 1. The van der Waals surface area contributed by atoms with Crippen molar-refractivity contribution in [2.75, 3.05) is 0 Å². The quantitative estimate of drug-likeness (QED) is 0.893. The molecule has 1 aliphatic heterocycles. The maximum Gasteiger partial charge on any atom is 0.266 e. The molecule has 0 atom stereocenters. The highest BCUT2D eigenvalue weighted by Gasteiger charge is 2.22. The number of nitrogens with two attached hydrogens (primary N) is 1. The lowest BCUT2D eigenvalue weighted by atomic mass is 10.0. The molecule has 106 valence electrons. The summed E-state index contributed by atoms with van der Waals surface area (Å²) in [5.41, 5.74) is 10.9. The van der Waals surface area contributed by atoms with Crippen LogP contribution in [0, 0.1) is 0 Å². The lowest BCUT2D eigenvalue weighted by Crippen LogP contribution is -2.19. The highest BCUT2D eigenvalue weighted by Crippen LogP contribution is 2.29. The molecule has 0 fully saturated rings. The molecule has 3 rings (SSSR count). The molecule has 6 heteroatoms. The van der Waals surface area contributed by atoms with Gasteiger partial charge in [-0.25, -0.2) is 0 Å². The molecule has 1 aliphatic rings. The minimum atomic E-state index is -0.506. The van der Waals surface area contributed by atoms with Crippen LogP contribution in [0.3, 0.4) is 0 Å². The number of primary amides is 1. The largest absolute Gasteiger partial charge is 0.364 e. The number of hydrazone groups is 1. The fraction of sp³-hybridized carbons (Fsp3) is 0.0667. The molecular weight excluding hydrogens is 288 g/mol. The molecule has 0 aliphatic carbocycles. The monoisotopic (exact) mass is 300 g/mol. The van der Waals surface area contributed by atoms with Gasteiger partial charge in [0.15, 0.2) is 0 Å². The number of fused-ring (bicyclic) bond motifs is 1. The van der Waals surface area contributed by atoms with Crippen molar-refractivity contribution < 1.29 is 4.79 Å². The van der Waals surface area contributed by atoms with E-state index in [2.05, 4.69) is 10.5 Å². The summed E-state index contributed by atoms with van der Waals surface area (Å²) < 4.78 is 1.76. The summed E-state index contributed by atoms with van der Waals surface area (Å²) in [6.45, 7) is 0. The molecule has 0 saturated carbocycles. The van der Waals surface area contributed by atoms with Crippen LogP contribution in [0.1, 0.15) is 16.1 Å². The van der Waals surface area contributed by atoms with E-state index in [0.29, 0.717) is 22.0 Å². The van der Waals surface area contributed by atoms with Crippen LogP contribution in [0.4, 0.5) is 0 Å². The van der Waals surface area contributed by atoms with Gasteiger partial charge in [0, 0.05) is 34.7 Å². The standard InChI is InChI=1S/C15H13ClN4O/c1-20-12-6-5-9(16)8-10(12)13(14(20)15(17)21)11-4-2-3-7-18-19-11/h2-8,18H,1H3,(H2,17,21). The molecule has 21 heavy (non-hydrogen) atoms. The van der Waals surface area contributed by atoms with Crippen molar-refractivity contribution in [1.29, 1.82) is 0 Å². The third-order valence-electron chi connectivity index (χ3n) is 3.37. The first-order valence-electron chi connectivity index (χ1n) is 6.34. The van der Waals surface area contributed by atoms with E-state index in [-0.39, 0.29) is 0 Å². The summed E-state index contributed by atoms with van der Waals surface area (Å²) in [7, 11) is 1.80. The Morgan fingerprint density at radius 2 is 2.19 bits per heavy atom. The fourth-order valence-electron chi connectivity index (χ4n) is 2.49. The first-order valence-corrected chi connectivity index (χ1v) is 6.72. The van der Waals surface area contributed by atoms with Crippen molar-refractivity contribution in [2.24, 2.45) is 17.9 Å². The van der Waals surface area contributed by atoms with E-state index in [9.17, 15) is 4.79 Å². The van der Waals surface area contributed by atoms with Crippen LogP contribution in [0.2, 0.25) is 5.02 Å². The van der Waals surface area contributed by atoms with Gasteiger partial charge in [0.05, 0.1) is 5.71 Å². The normalized spacial score (nSPS) is 13.9. The molecule has 0 saturated heterocycles. The second kappa shape index (κ2) is 5.10. The van der Waals surface area contributed by atoms with E-state index < -0.39 is 5.91 Å². The summed E-state index contributed by atoms with van der Waals surface area (Å²) in [6, 6.07) is 5.45. The van der Waals surface area contributed by atoms with Crippen molar-refractivity contribution in [3.63, 3.8) is 0 Å². The van der Waals surface area contributed by atoms with Crippen molar-refractivity contribution in [3.05, 3.63) is 58.9 Å². The van der Waals surface area contributed by atoms with Crippen LogP contribution in [0.5, 0.6) is 0 Å². The zero-order chi connectivity index (χ0) is 15.0. The Hall–Kier alpha value is -2.53. The van der Waals surface area contributed by atoms with Gasteiger partial charge in [-0.2, -0.15) is 5.10 Å². The lowest BCUT2D eigenvalue weighted by Gasteiger charge is -2.04. The molecular formula is C15H13ClN4O. The average molecular weight is 301 g/mol. The van der Waals surface area contributed by atoms with Crippen LogP contribution in [0.25, 0.3) is 10.9 Å². The summed E-state index contributed by atoms with van der Waals surface area (Å²) in [6.07, 6.45) is 7.18. The smallest absolute Gasteiger partial charge is 0.266 e. The number of nitrogens with zero attached hydrogens (tertiary/aromatic N) is 2. The molecule has 0 bridgehead atoms. The van der Waals surface area contributed by atoms with Gasteiger partial charge in [-0.15, -0.1) is 0 Å². The van der Waals surface area contributed by atoms with E-state index in [4.69, 9.17) is 17.3 Å². The topological polar surface area (TPSA) is 72.4 Å². The SMILES string of the molecule is Cn1c(C(N)=O)c(C2=NNC=CC=C2)c2cc(Cl)ccc21. The molecule has 2 heterocycles. The summed E-state index contributed by atoms with van der Waals surface area (Å²) in [5.74, 6) is -0.506. The minimum Gasteiger partial charge on any atom is -0.364 e. The third kappa shape index (κ3) is 2.21. The molecule has 2 aromatic rings. The number of carbonyl (C=O) groups excluding carboxylic acids is 1. The maximum absolute atomic E-state index is 11.9. The molecule has 1 amide bonds. The Morgan fingerprint density at radius 1 is 1.38 bits per heavy atom. The minimum absolute atomic E-state index is 0.402. The highest BCUT2D eigenvalue weighted by molar-refractivity contribution is 6.32. The zero-order valence-corrected chi connectivity index (χ0v) is 12.1. The predicted molar refractivity (Wildman–Crippen MR) is 84.4 cm³/mol. The van der Waals surface area contributed by atoms with E-state index >= 15 is 0 Å². The molecule has 5 nitrogen and oxygen atoms in total. The Kier molecular flexibility index (Phi) is 3.27. The van der Waals surface area contributed by atoms with Gasteiger partial charge >= 0.3 is 0 Å². The molecule has 1 aromatic heterocycles. The van der Waals surface area contributed by atoms with Gasteiger partial charge in [-0.3, -0.25) is 10.2 Å². The Balaban J connectivity index is 2.38. The fourth-order valence-corrected chi connectivity index (χ4v) is 2.67. The Bertz CT molecular complexity index is 830. The summed E-state index contributed by atoms with van der Waals surface area (Å²) in [4.78, 5) is 11.9. The van der Waals surface area contributed by atoms with Gasteiger partial charge in [0.25, 0.3) is 5.91 Å². The van der Waals surface area contributed by atoms with Crippen LogP contribution in [-0.4, -0.2) is 16.2 Å². The number of aryl methyl sites for hydroxylation is 1. The number of nitrogens with one attached hydrogen (secondary N) is 1. The Morgan fingerprint density at radius 3 is 2.95 bits per heavy atom. The first kappa shape index (κ1) is 13.5. The number of aromatic nitrogens is 1. The highest BCUT2D eigenvalue weighted by atomic mass is 35.5. The molecule has 1 aromatic carbocycles. The van der Waals surface area contributed by atoms with Crippen molar-refractivity contribution in [1.82, 2.24) is 9.99 Å². The summed E-state index contributed by atoms with van der Waals surface area (Å²) in [5, 5.41) is 5.69. The third-order valence-corrected chi connectivity index (χ3v) is 3.61. The molecule has 0 radical (unpaired) electrons. The van der Waals surface area contributed by atoms with Crippen LogP contribution >= 0.6 is 11.6 Å². The van der Waals surface area contributed by atoms with Crippen LogP contribution in [0.15, 0.2) is 47.7 Å². The number of rotatable bonds is 2.